The first-order valence-electron chi connectivity index (χ1n) is 6.26. The highest BCUT2D eigenvalue weighted by molar-refractivity contribution is 6.24. The molecule has 0 unspecified atom stereocenters. The number of carboxylic acid groups (broad SMARTS) is 1. The first-order chi connectivity index (χ1) is 8.29. The molecular weight excluding hydrogens is 248 g/mol. The van der Waals surface area contributed by atoms with Gasteiger partial charge in [-0.3, -0.25) is 0 Å². The lowest BCUT2D eigenvalue weighted by Gasteiger charge is -2.27. The summed E-state index contributed by atoms with van der Waals surface area (Å²) in [5, 5.41) is 11.8. The Balaban J connectivity index is 5.21. The molecule has 0 aliphatic heterocycles. The molecule has 0 aromatic rings. The third-order valence-corrected chi connectivity index (χ3v) is 2.59. The first-order valence-corrected chi connectivity index (χ1v) is 6.76. The summed E-state index contributed by atoms with van der Waals surface area (Å²) in [6.07, 6.45) is 0.258. The summed E-state index contributed by atoms with van der Waals surface area (Å²) in [6.45, 7) is 9.29. The van der Waals surface area contributed by atoms with Crippen LogP contribution in [0.2, 0.25) is 0 Å². The van der Waals surface area contributed by atoms with Crippen molar-refractivity contribution in [3.05, 3.63) is 10.8 Å². The number of carboxylic acids is 1. The Morgan fingerprint density at radius 1 is 1.17 bits per heavy atom. The molecule has 0 saturated heterocycles. The molecule has 5 heteroatoms. The molecule has 103 valence electrons. The van der Waals surface area contributed by atoms with E-state index in [2.05, 4.69) is 10.2 Å². The molecular formula is C13H22O4Si-. The lowest BCUT2D eigenvalue weighted by Crippen LogP contribution is -2.37. The van der Waals surface area contributed by atoms with E-state index in [1.165, 1.54) is 0 Å². The number of hydrogen-bond donors (Lipinski definition) is 0. The fourth-order valence-electron chi connectivity index (χ4n) is 1.41. The summed E-state index contributed by atoms with van der Waals surface area (Å²) in [7, 11) is 3.34. The van der Waals surface area contributed by atoms with Crippen LogP contribution in [0.25, 0.3) is 0 Å². The van der Waals surface area contributed by atoms with Gasteiger partial charge >= 0.3 is 0 Å². The van der Waals surface area contributed by atoms with Gasteiger partial charge in [-0.1, -0.05) is 18.5 Å². The Morgan fingerprint density at radius 2 is 1.61 bits per heavy atom. The highest BCUT2D eigenvalue weighted by Gasteiger charge is 2.21. The molecule has 0 rings (SSSR count). The van der Waals surface area contributed by atoms with Crippen LogP contribution in [0.3, 0.4) is 0 Å². The van der Waals surface area contributed by atoms with Crippen LogP contribution in [0.4, 0.5) is 0 Å². The molecule has 0 amide bonds. The van der Waals surface area contributed by atoms with Crippen molar-refractivity contribution < 1.29 is 19.4 Å². The molecule has 0 spiro atoms. The van der Waals surface area contributed by atoms with Crippen LogP contribution in [0, 0.1) is 0 Å². The van der Waals surface area contributed by atoms with Crippen LogP contribution in [-0.4, -0.2) is 34.7 Å². The number of rotatable bonds is 8. The molecule has 0 aliphatic rings. The Morgan fingerprint density at radius 3 is 1.89 bits per heavy atom. The van der Waals surface area contributed by atoms with Crippen molar-refractivity contribution in [2.45, 2.75) is 66.0 Å². The summed E-state index contributed by atoms with van der Waals surface area (Å²) in [6, 6.07) is 0. The third-order valence-electron chi connectivity index (χ3n) is 2.07. The zero-order valence-corrected chi connectivity index (χ0v) is 12.8. The minimum absolute atomic E-state index is 0.0379. The maximum absolute atomic E-state index is 11.3. The van der Waals surface area contributed by atoms with Gasteiger partial charge in [-0.05, 0) is 34.1 Å². The van der Waals surface area contributed by atoms with E-state index in [1.807, 2.05) is 34.6 Å². The number of ether oxygens (including phenoxy) is 2. The number of carbonyl (C=O) groups excluding carboxylic acids is 1. The van der Waals surface area contributed by atoms with Crippen molar-refractivity contribution in [2.75, 3.05) is 0 Å². The van der Waals surface area contributed by atoms with E-state index in [-0.39, 0.29) is 17.8 Å². The minimum Gasteiger partial charge on any atom is -0.545 e. The molecule has 18 heavy (non-hydrogen) atoms. The fourth-order valence-corrected chi connectivity index (χ4v) is 1.88. The summed E-state index contributed by atoms with van der Waals surface area (Å²) < 4.78 is 11.0. The van der Waals surface area contributed by atoms with Crippen LogP contribution in [0.5, 0.6) is 0 Å². The Kier molecular flexibility index (Phi) is 8.14. The maximum atomic E-state index is 11.3. The smallest absolute Gasteiger partial charge is 0.185 e. The summed E-state index contributed by atoms with van der Waals surface area (Å²) in [5.74, 6) is -1.26. The summed E-state index contributed by atoms with van der Waals surface area (Å²) >= 11 is 0. The average molecular weight is 270 g/mol. The second kappa shape index (κ2) is 8.45. The first kappa shape index (κ1) is 17.3. The SMILES string of the molecule is CCC/C([Si])=C(/C(=O)[O-])C(OC(C)C)OC(C)C. The molecule has 0 atom stereocenters. The van der Waals surface area contributed by atoms with Crippen molar-refractivity contribution in [3.8, 4) is 0 Å². The molecule has 0 aromatic heterocycles. The Labute approximate surface area is 113 Å². The van der Waals surface area contributed by atoms with Crippen molar-refractivity contribution in [1.29, 1.82) is 0 Å². The summed E-state index contributed by atoms with van der Waals surface area (Å²) in [5.41, 5.74) is 0.0379. The van der Waals surface area contributed by atoms with Gasteiger partial charge in [-0.25, -0.2) is 0 Å². The van der Waals surface area contributed by atoms with Gasteiger partial charge in [0.1, 0.15) is 0 Å². The van der Waals surface area contributed by atoms with Crippen LogP contribution in [0.15, 0.2) is 10.8 Å². The number of allylic oxidation sites excluding steroid dienone is 1. The van der Waals surface area contributed by atoms with Gasteiger partial charge in [0.25, 0.3) is 0 Å². The van der Waals surface area contributed by atoms with Gasteiger partial charge in [0, 0.05) is 5.57 Å². The lowest BCUT2D eigenvalue weighted by atomic mass is 10.1. The van der Waals surface area contributed by atoms with E-state index < -0.39 is 12.3 Å². The van der Waals surface area contributed by atoms with Crippen LogP contribution < -0.4 is 5.11 Å². The van der Waals surface area contributed by atoms with E-state index >= 15 is 0 Å². The van der Waals surface area contributed by atoms with Crippen molar-refractivity contribution in [2.24, 2.45) is 0 Å². The molecule has 0 heterocycles. The fraction of sp³-hybridized carbons (Fsp3) is 0.769. The number of carbonyl (C=O) groups is 1. The molecule has 0 N–H and O–H groups in total. The Bertz CT molecular complexity index is 287. The topological polar surface area (TPSA) is 58.6 Å². The second-order valence-corrected chi connectivity index (χ2v) is 5.23. The lowest BCUT2D eigenvalue weighted by molar-refractivity contribution is -0.303. The molecule has 0 aromatic carbocycles. The van der Waals surface area contributed by atoms with Gasteiger partial charge in [0.2, 0.25) is 0 Å². The predicted octanol–water partition coefficient (Wildman–Crippen LogP) is 1.14. The predicted molar refractivity (Wildman–Crippen MR) is 68.9 cm³/mol. The monoisotopic (exact) mass is 270 g/mol. The van der Waals surface area contributed by atoms with Crippen LogP contribution in [0.1, 0.15) is 47.5 Å². The van der Waals surface area contributed by atoms with Gasteiger partial charge in [-0.15, -0.1) is 0 Å². The second-order valence-electron chi connectivity index (χ2n) is 4.63. The minimum atomic E-state index is -1.26. The van der Waals surface area contributed by atoms with Crippen molar-refractivity contribution in [3.63, 3.8) is 0 Å². The highest BCUT2D eigenvalue weighted by atomic mass is 28.1. The summed E-state index contributed by atoms with van der Waals surface area (Å²) in [4.78, 5) is 11.3. The standard InChI is InChI=1S/C13H23O4Si/c1-6-7-10(18)11(12(14)15)13(16-8(2)3)17-9(4)5/h8-9,13H,6-7H2,1-5H3,(H,14,15)/p-1/b11-10+. The molecule has 0 fully saturated rings. The van der Waals surface area contributed by atoms with Crippen molar-refractivity contribution in [1.82, 2.24) is 0 Å². The van der Waals surface area contributed by atoms with E-state index in [4.69, 9.17) is 9.47 Å². The van der Waals surface area contributed by atoms with Gasteiger partial charge in [-0.2, -0.15) is 0 Å². The maximum Gasteiger partial charge on any atom is 0.185 e. The van der Waals surface area contributed by atoms with Gasteiger partial charge in [0.05, 0.1) is 28.4 Å². The average Bonchev–Trinajstić information content (AvgIpc) is 2.14. The largest absolute Gasteiger partial charge is 0.545 e. The molecule has 4 nitrogen and oxygen atoms in total. The van der Waals surface area contributed by atoms with E-state index in [0.29, 0.717) is 11.6 Å². The van der Waals surface area contributed by atoms with E-state index in [1.54, 1.807) is 0 Å². The van der Waals surface area contributed by atoms with Crippen LogP contribution >= 0.6 is 0 Å². The molecule has 0 saturated carbocycles. The van der Waals surface area contributed by atoms with Gasteiger partial charge < -0.3 is 19.4 Å². The quantitative estimate of drug-likeness (QED) is 0.377. The zero-order valence-electron chi connectivity index (χ0n) is 11.8. The molecule has 0 bridgehead atoms. The number of hydrogen-bond acceptors (Lipinski definition) is 4. The Hall–Kier alpha value is -0.653. The van der Waals surface area contributed by atoms with E-state index in [0.717, 1.165) is 6.42 Å². The third kappa shape index (κ3) is 6.33. The van der Waals surface area contributed by atoms with E-state index in [9.17, 15) is 9.90 Å². The van der Waals surface area contributed by atoms with Crippen molar-refractivity contribution >= 4 is 16.2 Å². The van der Waals surface area contributed by atoms with Gasteiger partial charge in [0.15, 0.2) is 6.29 Å². The van der Waals surface area contributed by atoms with Crippen LogP contribution in [-0.2, 0) is 14.3 Å². The number of aliphatic carboxylic acids is 1. The highest BCUT2D eigenvalue weighted by Crippen LogP contribution is 2.18. The molecule has 0 aliphatic carbocycles. The molecule has 3 radical (unpaired) electrons. The zero-order chi connectivity index (χ0) is 14.3. The normalized spacial score (nSPS) is 13.4.